The Labute approximate surface area is 158 Å². The van der Waals surface area contributed by atoms with Crippen molar-refractivity contribution < 1.29 is 19.1 Å². The van der Waals surface area contributed by atoms with Gasteiger partial charge in [-0.3, -0.25) is 4.79 Å². The number of hydrogen-bond donors (Lipinski definition) is 1. The average Bonchev–Trinajstić information content (AvgIpc) is 2.57. The number of carbonyl (C=O) groups is 2. The molecule has 0 spiro atoms. The molecule has 2 aromatic rings. The van der Waals surface area contributed by atoms with E-state index in [0.717, 1.165) is 5.56 Å². The molecule has 0 unspecified atom stereocenters. The van der Waals surface area contributed by atoms with E-state index in [0.29, 0.717) is 20.0 Å². The summed E-state index contributed by atoms with van der Waals surface area (Å²) in [5.74, 6) is -0.139. The smallest absolute Gasteiger partial charge is 0.340 e. The van der Waals surface area contributed by atoms with Crippen molar-refractivity contribution in [1.29, 1.82) is 0 Å². The van der Waals surface area contributed by atoms with Crippen molar-refractivity contribution >= 4 is 51.8 Å². The third-order valence-corrected chi connectivity index (χ3v) is 4.76. The lowest BCUT2D eigenvalue weighted by atomic mass is 10.1. The summed E-state index contributed by atoms with van der Waals surface area (Å²) in [6, 6.07) is 10.3. The standard InChI is InChI=1S/C17H15ClINO4/c1-23-11-5-3-4-10(6-11)7-16(21)20-15-9-13(18)14(19)8-12(15)17(22)24-2/h3-6,8-9H,7H2,1-2H3,(H,20,21). The van der Waals surface area contributed by atoms with E-state index in [-0.39, 0.29) is 17.9 Å². The quantitative estimate of drug-likeness (QED) is 0.544. The fourth-order valence-corrected chi connectivity index (χ4v) is 2.72. The van der Waals surface area contributed by atoms with Gasteiger partial charge in [-0.15, -0.1) is 0 Å². The van der Waals surface area contributed by atoms with Crippen molar-refractivity contribution in [1.82, 2.24) is 0 Å². The highest BCUT2D eigenvalue weighted by molar-refractivity contribution is 14.1. The van der Waals surface area contributed by atoms with Crippen molar-refractivity contribution in [3.05, 3.63) is 56.1 Å². The zero-order chi connectivity index (χ0) is 17.7. The van der Waals surface area contributed by atoms with Crippen LogP contribution in [-0.2, 0) is 16.0 Å². The Bertz CT molecular complexity index is 779. The van der Waals surface area contributed by atoms with Crippen LogP contribution in [0.15, 0.2) is 36.4 Å². The molecule has 2 rings (SSSR count). The first-order valence-corrected chi connectivity index (χ1v) is 8.40. The van der Waals surface area contributed by atoms with Gasteiger partial charge in [0, 0.05) is 3.57 Å². The highest BCUT2D eigenvalue weighted by atomic mass is 127. The third-order valence-electron chi connectivity index (χ3n) is 3.24. The molecule has 0 bridgehead atoms. The normalized spacial score (nSPS) is 10.2. The van der Waals surface area contributed by atoms with Crippen LogP contribution < -0.4 is 10.1 Å². The zero-order valence-corrected chi connectivity index (χ0v) is 16.0. The molecule has 0 radical (unpaired) electrons. The van der Waals surface area contributed by atoms with Crippen LogP contribution in [0.25, 0.3) is 0 Å². The number of carbonyl (C=O) groups excluding carboxylic acids is 2. The Kier molecular flexibility index (Phi) is 6.44. The van der Waals surface area contributed by atoms with Crippen molar-refractivity contribution in [2.24, 2.45) is 0 Å². The van der Waals surface area contributed by atoms with Gasteiger partial charge in [0.15, 0.2) is 0 Å². The summed E-state index contributed by atoms with van der Waals surface area (Å²) in [6.45, 7) is 0. The van der Waals surface area contributed by atoms with Crippen LogP contribution in [0.4, 0.5) is 5.69 Å². The maximum Gasteiger partial charge on any atom is 0.340 e. The molecule has 5 nitrogen and oxygen atoms in total. The summed E-state index contributed by atoms with van der Waals surface area (Å²) in [7, 11) is 2.85. The number of methoxy groups -OCH3 is 2. The molecule has 0 atom stereocenters. The highest BCUT2D eigenvalue weighted by Crippen LogP contribution is 2.27. The molecule has 0 saturated heterocycles. The van der Waals surface area contributed by atoms with E-state index in [4.69, 9.17) is 21.1 Å². The van der Waals surface area contributed by atoms with Crippen LogP contribution >= 0.6 is 34.2 Å². The Morgan fingerprint density at radius 3 is 2.62 bits per heavy atom. The van der Waals surface area contributed by atoms with Crippen LogP contribution in [0.5, 0.6) is 5.75 Å². The molecule has 0 heterocycles. The number of anilines is 1. The number of nitrogens with one attached hydrogen (secondary N) is 1. The van der Waals surface area contributed by atoms with Gasteiger partial charge in [0.1, 0.15) is 5.75 Å². The minimum atomic E-state index is -0.540. The monoisotopic (exact) mass is 459 g/mol. The number of esters is 1. The molecule has 7 heteroatoms. The number of halogens is 2. The Morgan fingerprint density at radius 2 is 1.96 bits per heavy atom. The van der Waals surface area contributed by atoms with E-state index >= 15 is 0 Å². The van der Waals surface area contributed by atoms with Gasteiger partial charge >= 0.3 is 5.97 Å². The van der Waals surface area contributed by atoms with E-state index < -0.39 is 5.97 Å². The SMILES string of the molecule is COC(=O)c1cc(I)c(Cl)cc1NC(=O)Cc1cccc(OC)c1. The maximum absolute atomic E-state index is 12.3. The van der Waals surface area contributed by atoms with Crippen LogP contribution in [0.1, 0.15) is 15.9 Å². The second kappa shape index (κ2) is 8.34. The van der Waals surface area contributed by atoms with Crippen LogP contribution in [0, 0.1) is 3.57 Å². The van der Waals surface area contributed by atoms with Crippen molar-refractivity contribution in [2.75, 3.05) is 19.5 Å². The number of hydrogen-bond acceptors (Lipinski definition) is 4. The van der Waals surface area contributed by atoms with E-state index in [1.807, 2.05) is 34.7 Å². The summed E-state index contributed by atoms with van der Waals surface area (Å²) in [5, 5.41) is 3.16. The lowest BCUT2D eigenvalue weighted by molar-refractivity contribution is -0.115. The predicted octanol–water partition coefficient (Wildman–Crippen LogP) is 3.92. The van der Waals surface area contributed by atoms with Gasteiger partial charge < -0.3 is 14.8 Å². The molecule has 0 saturated carbocycles. The van der Waals surface area contributed by atoms with E-state index in [2.05, 4.69) is 5.32 Å². The number of amides is 1. The molecule has 126 valence electrons. The number of rotatable bonds is 5. The van der Waals surface area contributed by atoms with Gasteiger partial charge in [0.25, 0.3) is 0 Å². The summed E-state index contributed by atoms with van der Waals surface area (Å²) in [5.41, 5.74) is 1.37. The second-order valence-corrected chi connectivity index (χ2v) is 6.45. The van der Waals surface area contributed by atoms with E-state index in [9.17, 15) is 9.59 Å². The van der Waals surface area contributed by atoms with E-state index in [1.54, 1.807) is 31.4 Å². The maximum atomic E-state index is 12.3. The largest absolute Gasteiger partial charge is 0.497 e. The Hall–Kier alpha value is -1.80. The van der Waals surface area contributed by atoms with Gasteiger partial charge in [-0.05, 0) is 52.4 Å². The minimum Gasteiger partial charge on any atom is -0.497 e. The van der Waals surface area contributed by atoms with E-state index in [1.165, 1.54) is 7.11 Å². The molecule has 24 heavy (non-hydrogen) atoms. The molecule has 0 aliphatic rings. The van der Waals surface area contributed by atoms with Gasteiger partial charge in [-0.1, -0.05) is 23.7 Å². The molecule has 0 aliphatic heterocycles. The second-order valence-electron chi connectivity index (χ2n) is 4.88. The molecular weight excluding hydrogens is 445 g/mol. The fourth-order valence-electron chi connectivity index (χ4n) is 2.09. The summed E-state index contributed by atoms with van der Waals surface area (Å²) in [4.78, 5) is 24.2. The van der Waals surface area contributed by atoms with Crippen LogP contribution in [0.3, 0.4) is 0 Å². The number of ether oxygens (including phenoxy) is 2. The summed E-state index contributed by atoms with van der Waals surface area (Å²) >= 11 is 8.10. The third kappa shape index (κ3) is 4.61. The molecule has 1 N–H and O–H groups in total. The molecule has 0 fully saturated rings. The van der Waals surface area contributed by atoms with Gasteiger partial charge in [0.2, 0.25) is 5.91 Å². The van der Waals surface area contributed by atoms with Gasteiger partial charge in [0.05, 0.1) is 36.9 Å². The van der Waals surface area contributed by atoms with Crippen LogP contribution in [-0.4, -0.2) is 26.1 Å². The first-order valence-electron chi connectivity index (χ1n) is 6.94. The first-order chi connectivity index (χ1) is 11.4. The fraction of sp³-hybridized carbons (Fsp3) is 0.176. The Morgan fingerprint density at radius 1 is 1.21 bits per heavy atom. The topological polar surface area (TPSA) is 64.6 Å². The predicted molar refractivity (Wildman–Crippen MR) is 101 cm³/mol. The molecular formula is C17H15ClINO4. The number of benzene rings is 2. The van der Waals surface area contributed by atoms with Gasteiger partial charge in [-0.2, -0.15) is 0 Å². The molecule has 1 amide bonds. The van der Waals surface area contributed by atoms with Crippen molar-refractivity contribution in [3.8, 4) is 5.75 Å². The average molecular weight is 460 g/mol. The minimum absolute atomic E-state index is 0.140. The summed E-state index contributed by atoms with van der Waals surface area (Å²) in [6.07, 6.45) is 0.140. The van der Waals surface area contributed by atoms with Gasteiger partial charge in [-0.25, -0.2) is 4.79 Å². The molecule has 2 aromatic carbocycles. The lowest BCUT2D eigenvalue weighted by Crippen LogP contribution is -2.17. The molecule has 0 aliphatic carbocycles. The van der Waals surface area contributed by atoms with Crippen molar-refractivity contribution in [2.45, 2.75) is 6.42 Å². The first kappa shape index (κ1) is 18.5. The van der Waals surface area contributed by atoms with Crippen LogP contribution in [0.2, 0.25) is 5.02 Å². The summed E-state index contributed by atoms with van der Waals surface area (Å²) < 4.78 is 10.6. The van der Waals surface area contributed by atoms with Crippen molar-refractivity contribution in [3.63, 3.8) is 0 Å². The molecule has 0 aromatic heterocycles. The zero-order valence-electron chi connectivity index (χ0n) is 13.1. The lowest BCUT2D eigenvalue weighted by Gasteiger charge is -2.12. The Balaban J connectivity index is 2.21. The highest BCUT2D eigenvalue weighted by Gasteiger charge is 2.17.